The van der Waals surface area contributed by atoms with Gasteiger partial charge in [-0.2, -0.15) is 0 Å². The molecule has 27 heavy (non-hydrogen) atoms. The Morgan fingerprint density at radius 1 is 1.11 bits per heavy atom. The molecule has 0 aliphatic rings. The number of halogens is 1. The first-order valence-corrected chi connectivity index (χ1v) is 12.0. The van der Waals surface area contributed by atoms with Crippen molar-refractivity contribution in [1.29, 1.82) is 0 Å². The zero-order valence-corrected chi connectivity index (χ0v) is 17.8. The van der Waals surface area contributed by atoms with Gasteiger partial charge in [-0.05, 0) is 60.6 Å². The zero-order valence-electron chi connectivity index (χ0n) is 15.4. The van der Waals surface area contributed by atoms with E-state index < -0.39 is 9.84 Å². The fourth-order valence-corrected chi connectivity index (χ4v) is 4.20. The van der Waals surface area contributed by atoms with E-state index in [1.54, 1.807) is 36.0 Å². The Bertz CT molecular complexity index is 850. The molecule has 0 aliphatic heterocycles. The maximum absolute atomic E-state index is 12.2. The maximum Gasteiger partial charge on any atom is 0.220 e. The fourth-order valence-electron chi connectivity index (χ4n) is 2.59. The van der Waals surface area contributed by atoms with Crippen LogP contribution in [0.2, 0.25) is 5.02 Å². The van der Waals surface area contributed by atoms with Crippen LogP contribution < -0.4 is 5.32 Å². The number of nitrogens with one attached hydrogen (secondary N) is 1. The number of hydrogen-bond donors (Lipinski definition) is 1. The van der Waals surface area contributed by atoms with Crippen molar-refractivity contribution < 1.29 is 13.2 Å². The normalized spacial score (nSPS) is 12.6. The van der Waals surface area contributed by atoms with Crippen LogP contribution in [0.15, 0.2) is 58.3 Å². The highest BCUT2D eigenvalue weighted by Gasteiger charge is 2.14. The number of hydrogen-bond acceptors (Lipinski definition) is 4. The van der Waals surface area contributed by atoms with Gasteiger partial charge >= 0.3 is 0 Å². The number of thioether (sulfide) groups is 1. The van der Waals surface area contributed by atoms with Crippen LogP contribution in [-0.2, 0) is 14.6 Å². The van der Waals surface area contributed by atoms with Crippen LogP contribution in [0.1, 0.15) is 37.8 Å². The van der Waals surface area contributed by atoms with Gasteiger partial charge in [0.1, 0.15) is 0 Å². The Labute approximate surface area is 170 Å². The van der Waals surface area contributed by atoms with E-state index in [0.717, 1.165) is 29.1 Å². The van der Waals surface area contributed by atoms with Crippen molar-refractivity contribution in [3.8, 4) is 0 Å². The largest absolute Gasteiger partial charge is 0.349 e. The number of sulfone groups is 1. The van der Waals surface area contributed by atoms with Gasteiger partial charge < -0.3 is 5.32 Å². The van der Waals surface area contributed by atoms with Crippen molar-refractivity contribution in [3.05, 3.63) is 59.1 Å². The molecule has 2 aromatic carbocycles. The Kier molecular flexibility index (Phi) is 8.20. The molecule has 0 heterocycles. The highest BCUT2D eigenvalue weighted by atomic mass is 35.5. The lowest BCUT2D eigenvalue weighted by atomic mass is 10.0. The first-order chi connectivity index (χ1) is 12.8. The molecule has 0 aliphatic carbocycles. The minimum atomic E-state index is -3.21. The highest BCUT2D eigenvalue weighted by Crippen LogP contribution is 2.22. The van der Waals surface area contributed by atoms with E-state index in [9.17, 15) is 13.2 Å². The smallest absolute Gasteiger partial charge is 0.220 e. The molecule has 1 amide bonds. The van der Waals surface area contributed by atoms with Gasteiger partial charge in [-0.25, -0.2) is 8.42 Å². The van der Waals surface area contributed by atoms with Gasteiger partial charge in [0.25, 0.3) is 0 Å². The first kappa shape index (κ1) is 21.8. The van der Waals surface area contributed by atoms with E-state index in [1.165, 1.54) is 6.26 Å². The molecule has 0 aromatic heterocycles. The summed E-state index contributed by atoms with van der Waals surface area (Å²) in [6.07, 6.45) is 3.16. The number of amides is 1. The van der Waals surface area contributed by atoms with Gasteiger partial charge in [0.05, 0.1) is 10.9 Å². The van der Waals surface area contributed by atoms with Crippen molar-refractivity contribution in [3.63, 3.8) is 0 Å². The third-order valence-corrected chi connectivity index (χ3v) is 6.56. The molecule has 4 nitrogen and oxygen atoms in total. The van der Waals surface area contributed by atoms with Crippen molar-refractivity contribution in [2.75, 3.05) is 12.0 Å². The fraction of sp³-hybridized carbons (Fsp3) is 0.350. The Hall–Kier alpha value is -1.50. The lowest BCUT2D eigenvalue weighted by molar-refractivity contribution is -0.121. The summed E-state index contributed by atoms with van der Waals surface area (Å²) in [6.45, 7) is 1.99. The molecule has 0 fully saturated rings. The number of carbonyl (C=O) groups excluding carboxylic acids is 1. The third kappa shape index (κ3) is 7.20. The molecule has 0 radical (unpaired) electrons. The minimum Gasteiger partial charge on any atom is -0.349 e. The second-order valence-corrected chi connectivity index (χ2v) is 9.90. The van der Waals surface area contributed by atoms with Crippen molar-refractivity contribution >= 4 is 39.1 Å². The number of carbonyl (C=O) groups is 1. The van der Waals surface area contributed by atoms with Crippen LogP contribution in [-0.4, -0.2) is 26.3 Å². The SMILES string of the molecule is CCC(NC(=O)CCCSc1ccc(Cl)cc1)c1ccc(S(C)(=O)=O)cc1. The molecule has 0 saturated heterocycles. The molecular formula is C20H24ClNO3S2. The molecule has 1 N–H and O–H groups in total. The molecule has 1 unspecified atom stereocenters. The summed E-state index contributed by atoms with van der Waals surface area (Å²) in [6, 6.07) is 14.2. The van der Waals surface area contributed by atoms with Gasteiger partial charge in [0.15, 0.2) is 9.84 Å². The predicted molar refractivity (Wildman–Crippen MR) is 112 cm³/mol. The summed E-state index contributed by atoms with van der Waals surface area (Å²) >= 11 is 7.57. The lowest BCUT2D eigenvalue weighted by Gasteiger charge is -2.18. The van der Waals surface area contributed by atoms with Gasteiger partial charge in [-0.15, -0.1) is 11.8 Å². The monoisotopic (exact) mass is 425 g/mol. The summed E-state index contributed by atoms with van der Waals surface area (Å²) in [5.74, 6) is 0.861. The highest BCUT2D eigenvalue weighted by molar-refractivity contribution is 7.99. The molecule has 2 aromatic rings. The third-order valence-electron chi connectivity index (χ3n) is 4.08. The quantitative estimate of drug-likeness (QED) is 0.459. The maximum atomic E-state index is 12.2. The van der Waals surface area contributed by atoms with Crippen LogP contribution in [0, 0.1) is 0 Å². The molecule has 146 valence electrons. The van der Waals surface area contributed by atoms with Crippen LogP contribution in [0.25, 0.3) is 0 Å². The van der Waals surface area contributed by atoms with Gasteiger partial charge in [0, 0.05) is 22.6 Å². The topological polar surface area (TPSA) is 63.2 Å². The molecule has 0 spiro atoms. The van der Waals surface area contributed by atoms with E-state index >= 15 is 0 Å². The van der Waals surface area contributed by atoms with Crippen LogP contribution in [0.5, 0.6) is 0 Å². The lowest BCUT2D eigenvalue weighted by Crippen LogP contribution is -2.28. The first-order valence-electron chi connectivity index (χ1n) is 8.77. The van der Waals surface area contributed by atoms with Crippen LogP contribution in [0.4, 0.5) is 0 Å². The standard InChI is InChI=1S/C20H24ClNO3S2/c1-3-19(15-6-12-18(13-7-15)27(2,24)25)22-20(23)5-4-14-26-17-10-8-16(21)9-11-17/h6-13,19H,3-5,14H2,1-2H3,(H,22,23). The average Bonchev–Trinajstić information content (AvgIpc) is 2.64. The molecule has 2 rings (SSSR count). The Morgan fingerprint density at radius 3 is 2.30 bits per heavy atom. The van der Waals surface area contributed by atoms with E-state index in [-0.39, 0.29) is 16.8 Å². The molecule has 1 atom stereocenters. The predicted octanol–water partition coefficient (Wildman–Crippen LogP) is 4.88. The van der Waals surface area contributed by atoms with Crippen molar-refractivity contribution in [2.24, 2.45) is 0 Å². The molecule has 0 saturated carbocycles. The Morgan fingerprint density at radius 2 is 1.74 bits per heavy atom. The van der Waals surface area contributed by atoms with Gasteiger partial charge in [-0.1, -0.05) is 30.7 Å². The van der Waals surface area contributed by atoms with Crippen LogP contribution >= 0.6 is 23.4 Å². The second kappa shape index (κ2) is 10.2. The van der Waals surface area contributed by atoms with Crippen LogP contribution in [0.3, 0.4) is 0 Å². The van der Waals surface area contributed by atoms with Gasteiger partial charge in [-0.3, -0.25) is 4.79 Å². The summed E-state index contributed by atoms with van der Waals surface area (Å²) in [7, 11) is -3.21. The van der Waals surface area contributed by atoms with Crippen molar-refractivity contribution in [1.82, 2.24) is 5.32 Å². The van der Waals surface area contributed by atoms with Crippen molar-refractivity contribution in [2.45, 2.75) is 42.0 Å². The molecule has 7 heteroatoms. The summed E-state index contributed by atoms with van der Waals surface area (Å²) in [5, 5.41) is 3.75. The van der Waals surface area contributed by atoms with E-state index in [0.29, 0.717) is 11.4 Å². The number of rotatable bonds is 9. The summed E-state index contributed by atoms with van der Waals surface area (Å²) < 4.78 is 23.1. The molecule has 0 bridgehead atoms. The zero-order chi connectivity index (χ0) is 19.9. The van der Waals surface area contributed by atoms with E-state index in [1.807, 2.05) is 31.2 Å². The Balaban J connectivity index is 1.81. The minimum absolute atomic E-state index is 0.00532. The number of benzene rings is 2. The molecular weight excluding hydrogens is 402 g/mol. The van der Waals surface area contributed by atoms with E-state index in [2.05, 4.69) is 5.32 Å². The summed E-state index contributed by atoms with van der Waals surface area (Å²) in [4.78, 5) is 13.7. The summed E-state index contributed by atoms with van der Waals surface area (Å²) in [5.41, 5.74) is 0.911. The van der Waals surface area contributed by atoms with Gasteiger partial charge in [0.2, 0.25) is 5.91 Å². The van der Waals surface area contributed by atoms with E-state index in [4.69, 9.17) is 11.6 Å². The second-order valence-electron chi connectivity index (χ2n) is 6.28. The average molecular weight is 426 g/mol.